The van der Waals surface area contributed by atoms with Gasteiger partial charge >= 0.3 is 5.97 Å². The van der Waals surface area contributed by atoms with Gasteiger partial charge in [-0.25, -0.2) is 4.79 Å². The van der Waals surface area contributed by atoms with Gasteiger partial charge in [0.2, 0.25) is 0 Å². The summed E-state index contributed by atoms with van der Waals surface area (Å²) >= 11 is 1.55. The summed E-state index contributed by atoms with van der Waals surface area (Å²) in [4.78, 5) is 22.6. The Morgan fingerprint density at radius 3 is 2.76 bits per heavy atom. The highest BCUT2D eigenvalue weighted by Gasteiger charge is 2.12. The minimum Gasteiger partial charge on any atom is -0.478 e. The van der Waals surface area contributed by atoms with E-state index in [0.29, 0.717) is 0 Å². The van der Waals surface area contributed by atoms with Crippen LogP contribution in [-0.4, -0.2) is 15.6 Å². The van der Waals surface area contributed by atoms with Crippen molar-refractivity contribution in [1.29, 1.82) is 0 Å². The summed E-state index contributed by atoms with van der Waals surface area (Å²) in [6, 6.07) is 4.37. The van der Waals surface area contributed by atoms with Gasteiger partial charge in [0.15, 0.2) is 0 Å². The number of hydrogen-bond donors (Lipinski definition) is 1. The van der Waals surface area contributed by atoms with Gasteiger partial charge in [0.05, 0.1) is 11.6 Å². The minimum atomic E-state index is -1.03. The molecule has 0 bridgehead atoms. The maximum atomic E-state index is 11.7. The van der Waals surface area contributed by atoms with Gasteiger partial charge in [-0.1, -0.05) is 0 Å². The van der Waals surface area contributed by atoms with Crippen molar-refractivity contribution in [1.82, 2.24) is 4.57 Å². The van der Waals surface area contributed by atoms with Crippen molar-refractivity contribution >= 4 is 17.3 Å². The molecule has 2 aromatic heterocycles. The maximum absolute atomic E-state index is 11.7. The summed E-state index contributed by atoms with van der Waals surface area (Å²) in [5.41, 5.74) is 0.917. The second-order valence-corrected chi connectivity index (χ2v) is 4.48. The van der Waals surface area contributed by atoms with E-state index in [9.17, 15) is 9.59 Å². The molecule has 2 rings (SSSR count). The van der Waals surface area contributed by atoms with Gasteiger partial charge in [-0.05, 0) is 35.4 Å². The van der Waals surface area contributed by atoms with E-state index in [1.54, 1.807) is 11.3 Å². The van der Waals surface area contributed by atoms with Crippen molar-refractivity contribution in [2.24, 2.45) is 0 Å². The SMILES string of the molecule is CC(c1ccsc1)n1cc(C(=O)O)ccc1=O. The summed E-state index contributed by atoms with van der Waals surface area (Å²) in [6.45, 7) is 1.87. The quantitative estimate of drug-likeness (QED) is 0.907. The molecule has 1 unspecified atom stereocenters. The molecule has 88 valence electrons. The van der Waals surface area contributed by atoms with E-state index in [-0.39, 0.29) is 17.2 Å². The fourth-order valence-corrected chi connectivity index (χ4v) is 2.35. The topological polar surface area (TPSA) is 59.3 Å². The van der Waals surface area contributed by atoms with Gasteiger partial charge in [-0.2, -0.15) is 11.3 Å². The standard InChI is InChI=1S/C12H11NO3S/c1-8(10-4-5-17-7-10)13-6-9(12(15)16)2-3-11(13)14/h2-8H,1H3,(H,15,16). The average molecular weight is 249 g/mol. The highest BCUT2D eigenvalue weighted by molar-refractivity contribution is 7.07. The van der Waals surface area contributed by atoms with Crippen molar-refractivity contribution in [3.8, 4) is 0 Å². The van der Waals surface area contributed by atoms with Crippen LogP contribution in [0.15, 0.2) is 40.0 Å². The van der Waals surface area contributed by atoms with Crippen molar-refractivity contribution in [2.75, 3.05) is 0 Å². The number of aromatic carboxylic acids is 1. The van der Waals surface area contributed by atoms with Crippen LogP contribution in [0.25, 0.3) is 0 Å². The second-order valence-electron chi connectivity index (χ2n) is 3.70. The van der Waals surface area contributed by atoms with Crippen LogP contribution in [0, 0.1) is 0 Å². The zero-order valence-corrected chi connectivity index (χ0v) is 9.98. The third kappa shape index (κ3) is 2.29. The fraction of sp³-hybridized carbons (Fsp3) is 0.167. The number of carboxylic acid groups (broad SMARTS) is 1. The lowest BCUT2D eigenvalue weighted by Crippen LogP contribution is -2.23. The normalized spacial score (nSPS) is 12.3. The Morgan fingerprint density at radius 1 is 1.41 bits per heavy atom. The van der Waals surface area contributed by atoms with E-state index in [4.69, 9.17) is 5.11 Å². The Bertz CT molecular complexity index is 586. The molecule has 0 radical (unpaired) electrons. The summed E-state index contributed by atoms with van der Waals surface area (Å²) in [6.07, 6.45) is 1.38. The number of aromatic nitrogens is 1. The Kier molecular flexibility index (Phi) is 3.10. The smallest absolute Gasteiger partial charge is 0.337 e. The number of carboxylic acids is 1. The molecule has 2 aromatic rings. The lowest BCUT2D eigenvalue weighted by molar-refractivity contribution is 0.0695. The molecule has 1 N–H and O–H groups in total. The van der Waals surface area contributed by atoms with Crippen molar-refractivity contribution < 1.29 is 9.90 Å². The summed E-state index contributed by atoms with van der Waals surface area (Å²) < 4.78 is 1.44. The molecular weight excluding hydrogens is 238 g/mol. The first-order valence-corrected chi connectivity index (χ1v) is 6.01. The van der Waals surface area contributed by atoms with E-state index < -0.39 is 5.97 Å². The number of nitrogens with zero attached hydrogens (tertiary/aromatic N) is 1. The summed E-state index contributed by atoms with van der Waals surface area (Å²) in [5.74, 6) is -1.03. The molecule has 0 aliphatic carbocycles. The number of carbonyl (C=O) groups is 1. The first-order valence-electron chi connectivity index (χ1n) is 5.07. The molecular formula is C12H11NO3S. The number of pyridine rings is 1. The Morgan fingerprint density at radius 2 is 2.18 bits per heavy atom. The van der Waals surface area contributed by atoms with Crippen LogP contribution in [0.1, 0.15) is 28.9 Å². The largest absolute Gasteiger partial charge is 0.478 e. The zero-order valence-electron chi connectivity index (χ0n) is 9.16. The van der Waals surface area contributed by atoms with Crippen LogP contribution in [0.5, 0.6) is 0 Å². The van der Waals surface area contributed by atoms with Gasteiger partial charge in [0.25, 0.3) is 5.56 Å². The molecule has 0 fully saturated rings. The predicted molar refractivity (Wildman–Crippen MR) is 65.8 cm³/mol. The van der Waals surface area contributed by atoms with E-state index >= 15 is 0 Å². The Labute approximate surface area is 102 Å². The molecule has 0 aromatic carbocycles. The lowest BCUT2D eigenvalue weighted by Gasteiger charge is -2.14. The van der Waals surface area contributed by atoms with Crippen LogP contribution in [0.3, 0.4) is 0 Å². The van der Waals surface area contributed by atoms with Crippen LogP contribution in [-0.2, 0) is 0 Å². The molecule has 2 heterocycles. The molecule has 0 spiro atoms. The van der Waals surface area contributed by atoms with Gasteiger partial charge in [-0.3, -0.25) is 4.79 Å². The predicted octanol–water partition coefficient (Wildman–Crippen LogP) is 2.22. The first-order chi connectivity index (χ1) is 8.09. The third-order valence-corrected chi connectivity index (χ3v) is 3.33. The first kappa shape index (κ1) is 11.6. The second kappa shape index (κ2) is 4.55. The zero-order chi connectivity index (χ0) is 12.4. The third-order valence-electron chi connectivity index (χ3n) is 2.63. The molecule has 4 nitrogen and oxygen atoms in total. The van der Waals surface area contributed by atoms with E-state index in [1.807, 2.05) is 23.8 Å². The molecule has 0 saturated heterocycles. The highest BCUT2D eigenvalue weighted by Crippen LogP contribution is 2.19. The van der Waals surface area contributed by atoms with E-state index in [1.165, 1.54) is 22.9 Å². The molecule has 0 saturated carbocycles. The molecule has 17 heavy (non-hydrogen) atoms. The lowest BCUT2D eigenvalue weighted by atomic mass is 10.1. The molecule has 0 aliphatic rings. The summed E-state index contributed by atoms with van der Waals surface area (Å²) in [7, 11) is 0. The molecule has 0 aliphatic heterocycles. The van der Waals surface area contributed by atoms with E-state index in [0.717, 1.165) is 5.56 Å². The average Bonchev–Trinajstić information content (AvgIpc) is 2.81. The highest BCUT2D eigenvalue weighted by atomic mass is 32.1. The van der Waals surface area contributed by atoms with Crippen LogP contribution in [0.4, 0.5) is 0 Å². The van der Waals surface area contributed by atoms with Gasteiger partial charge < -0.3 is 9.67 Å². The fourth-order valence-electron chi connectivity index (χ4n) is 1.61. The molecule has 5 heteroatoms. The minimum absolute atomic E-state index is 0.117. The Hall–Kier alpha value is -1.88. The van der Waals surface area contributed by atoms with Crippen LogP contribution in [0.2, 0.25) is 0 Å². The van der Waals surface area contributed by atoms with Crippen LogP contribution < -0.4 is 5.56 Å². The summed E-state index contributed by atoms with van der Waals surface area (Å²) in [5, 5.41) is 12.8. The van der Waals surface area contributed by atoms with Crippen LogP contribution >= 0.6 is 11.3 Å². The van der Waals surface area contributed by atoms with Gasteiger partial charge in [-0.15, -0.1) is 0 Å². The molecule has 0 amide bonds. The van der Waals surface area contributed by atoms with Crippen molar-refractivity contribution in [3.05, 3.63) is 56.6 Å². The Balaban J connectivity index is 2.48. The van der Waals surface area contributed by atoms with Crippen molar-refractivity contribution in [3.63, 3.8) is 0 Å². The number of rotatable bonds is 3. The van der Waals surface area contributed by atoms with Gasteiger partial charge in [0.1, 0.15) is 0 Å². The van der Waals surface area contributed by atoms with E-state index in [2.05, 4.69) is 0 Å². The molecule has 1 atom stereocenters. The maximum Gasteiger partial charge on any atom is 0.337 e. The number of thiophene rings is 1. The number of hydrogen-bond acceptors (Lipinski definition) is 3. The van der Waals surface area contributed by atoms with Gasteiger partial charge in [0, 0.05) is 12.3 Å². The monoisotopic (exact) mass is 249 g/mol. The van der Waals surface area contributed by atoms with Crippen molar-refractivity contribution in [2.45, 2.75) is 13.0 Å².